The molecule has 0 aliphatic carbocycles. The van der Waals surface area contributed by atoms with E-state index in [0.717, 1.165) is 38.6 Å². The molecule has 0 aromatic carbocycles. The van der Waals surface area contributed by atoms with Crippen molar-refractivity contribution in [3.63, 3.8) is 0 Å². The number of likely N-dealkylation sites (tertiary alicyclic amines) is 1. The van der Waals surface area contributed by atoms with Crippen LogP contribution in [0.1, 0.15) is 52.9 Å². The third-order valence-electron chi connectivity index (χ3n) is 4.81. The number of piperidine rings is 1. The van der Waals surface area contributed by atoms with Crippen LogP contribution in [0.5, 0.6) is 0 Å². The summed E-state index contributed by atoms with van der Waals surface area (Å²) in [6.45, 7) is 7.99. The third kappa shape index (κ3) is 4.59. The largest absolute Gasteiger partial charge is 0.444 e. The first kappa shape index (κ1) is 18.0. The zero-order valence-corrected chi connectivity index (χ0v) is 14.9. The fraction of sp³-hybridized carbons (Fsp3) is 0.882. The van der Waals surface area contributed by atoms with Crippen LogP contribution >= 0.6 is 0 Å². The van der Waals surface area contributed by atoms with E-state index in [1.807, 2.05) is 20.8 Å². The van der Waals surface area contributed by atoms with E-state index in [4.69, 9.17) is 4.74 Å². The average Bonchev–Trinajstić information content (AvgIpc) is 2.95. The molecule has 0 radical (unpaired) electrons. The van der Waals surface area contributed by atoms with Gasteiger partial charge in [0.25, 0.3) is 0 Å². The molecular weight excluding hydrogens is 294 g/mol. The molecule has 23 heavy (non-hydrogen) atoms. The highest BCUT2D eigenvalue weighted by Gasteiger charge is 2.42. The Morgan fingerprint density at radius 1 is 1.30 bits per heavy atom. The van der Waals surface area contributed by atoms with Crippen molar-refractivity contribution in [2.45, 2.75) is 64.0 Å². The molecule has 0 aromatic rings. The zero-order valence-electron chi connectivity index (χ0n) is 14.9. The Balaban J connectivity index is 1.87. The minimum absolute atomic E-state index is 0.101. The van der Waals surface area contributed by atoms with E-state index >= 15 is 0 Å². The van der Waals surface area contributed by atoms with E-state index < -0.39 is 11.1 Å². The summed E-state index contributed by atoms with van der Waals surface area (Å²) in [7, 11) is 1.70. The molecule has 2 fully saturated rings. The van der Waals surface area contributed by atoms with Crippen LogP contribution in [0.25, 0.3) is 0 Å². The topological polar surface area (TPSA) is 70.7 Å². The zero-order chi connectivity index (χ0) is 17.1. The molecule has 2 aliphatic rings. The van der Waals surface area contributed by atoms with E-state index in [2.05, 4.69) is 10.6 Å². The average molecular weight is 325 g/mol. The molecule has 0 spiro atoms. The lowest BCUT2D eigenvalue weighted by atomic mass is 9.81. The van der Waals surface area contributed by atoms with Gasteiger partial charge in [-0.2, -0.15) is 0 Å². The van der Waals surface area contributed by atoms with Gasteiger partial charge >= 0.3 is 6.09 Å². The quantitative estimate of drug-likeness (QED) is 0.831. The first-order valence-electron chi connectivity index (χ1n) is 8.71. The first-order valence-corrected chi connectivity index (χ1v) is 8.71. The Bertz CT molecular complexity index is 431. The Labute approximate surface area is 139 Å². The predicted molar refractivity (Wildman–Crippen MR) is 89.2 cm³/mol. The van der Waals surface area contributed by atoms with Gasteiger partial charge in [0.15, 0.2) is 0 Å². The molecule has 2 aliphatic heterocycles. The Morgan fingerprint density at radius 2 is 1.96 bits per heavy atom. The van der Waals surface area contributed by atoms with E-state index in [-0.39, 0.29) is 12.0 Å². The molecule has 2 rings (SSSR count). The van der Waals surface area contributed by atoms with Crippen LogP contribution in [0.2, 0.25) is 0 Å². The van der Waals surface area contributed by atoms with Crippen molar-refractivity contribution in [1.29, 1.82) is 0 Å². The highest BCUT2D eigenvalue weighted by molar-refractivity contribution is 5.86. The third-order valence-corrected chi connectivity index (χ3v) is 4.81. The maximum atomic E-state index is 12.3. The van der Waals surface area contributed by atoms with Gasteiger partial charge in [0.2, 0.25) is 5.91 Å². The van der Waals surface area contributed by atoms with Crippen molar-refractivity contribution >= 4 is 12.0 Å². The second-order valence-corrected chi connectivity index (χ2v) is 7.81. The minimum atomic E-state index is -0.453. The molecule has 2 saturated heterocycles. The van der Waals surface area contributed by atoms with Gasteiger partial charge in [0.1, 0.15) is 5.60 Å². The number of rotatable bonds is 3. The Kier molecular flexibility index (Phi) is 5.55. The molecular formula is C17H31N3O3. The van der Waals surface area contributed by atoms with Gasteiger partial charge in [-0.15, -0.1) is 0 Å². The van der Waals surface area contributed by atoms with Gasteiger partial charge in [-0.25, -0.2) is 4.79 Å². The number of carbonyl (C=O) groups is 2. The maximum absolute atomic E-state index is 12.3. The van der Waals surface area contributed by atoms with Crippen LogP contribution in [0.4, 0.5) is 4.79 Å². The van der Waals surface area contributed by atoms with Gasteiger partial charge < -0.3 is 20.3 Å². The highest BCUT2D eigenvalue weighted by Crippen LogP contribution is 2.32. The summed E-state index contributed by atoms with van der Waals surface area (Å²) >= 11 is 0. The molecule has 2 N–H and O–H groups in total. The lowest BCUT2D eigenvalue weighted by Gasteiger charge is -2.37. The van der Waals surface area contributed by atoms with Crippen LogP contribution in [-0.2, 0) is 9.53 Å². The van der Waals surface area contributed by atoms with E-state index in [9.17, 15) is 9.59 Å². The van der Waals surface area contributed by atoms with Crippen LogP contribution in [-0.4, -0.2) is 54.7 Å². The molecule has 0 bridgehead atoms. The second-order valence-electron chi connectivity index (χ2n) is 7.81. The molecule has 0 aromatic heterocycles. The monoisotopic (exact) mass is 325 g/mol. The van der Waals surface area contributed by atoms with Gasteiger partial charge in [0.05, 0.1) is 5.54 Å². The van der Waals surface area contributed by atoms with Gasteiger partial charge in [0, 0.05) is 20.1 Å². The Hall–Kier alpha value is -1.30. The number of likely N-dealkylation sites (N-methyl/N-ethyl adjacent to an activating group) is 1. The number of nitrogens with zero attached hydrogens (tertiary/aromatic N) is 1. The van der Waals surface area contributed by atoms with Crippen LogP contribution in [0.15, 0.2) is 0 Å². The molecule has 2 heterocycles. The lowest BCUT2D eigenvalue weighted by molar-refractivity contribution is -0.127. The number of ether oxygens (including phenoxy) is 1. The highest BCUT2D eigenvalue weighted by atomic mass is 16.6. The van der Waals surface area contributed by atoms with Gasteiger partial charge in [-0.05, 0) is 65.3 Å². The molecule has 2 amide bonds. The summed E-state index contributed by atoms with van der Waals surface area (Å²) in [5.74, 6) is 0.571. The molecule has 1 atom stereocenters. The summed E-state index contributed by atoms with van der Waals surface area (Å²) in [5.41, 5.74) is -0.863. The van der Waals surface area contributed by atoms with Gasteiger partial charge in [-0.3, -0.25) is 4.79 Å². The van der Waals surface area contributed by atoms with Crippen molar-refractivity contribution in [3.05, 3.63) is 0 Å². The number of hydrogen-bond acceptors (Lipinski definition) is 4. The van der Waals surface area contributed by atoms with Crippen molar-refractivity contribution in [1.82, 2.24) is 15.5 Å². The van der Waals surface area contributed by atoms with Crippen LogP contribution < -0.4 is 10.6 Å². The summed E-state index contributed by atoms with van der Waals surface area (Å²) in [6.07, 6.45) is 4.44. The number of hydrogen-bond donors (Lipinski definition) is 2. The molecule has 0 unspecified atom stereocenters. The van der Waals surface area contributed by atoms with Gasteiger partial charge in [-0.1, -0.05) is 0 Å². The number of amides is 2. The number of nitrogens with one attached hydrogen (secondary N) is 2. The molecule has 132 valence electrons. The SMILES string of the molecule is CNC(=O)[C@]1(CC2CCN(C(=O)OC(C)(C)C)CC2)CCCN1. The second kappa shape index (κ2) is 7.07. The molecule has 0 saturated carbocycles. The van der Waals surface area contributed by atoms with Crippen molar-refractivity contribution in [3.8, 4) is 0 Å². The molecule has 6 heteroatoms. The summed E-state index contributed by atoms with van der Waals surface area (Å²) in [6, 6.07) is 0. The summed E-state index contributed by atoms with van der Waals surface area (Å²) in [4.78, 5) is 26.2. The van der Waals surface area contributed by atoms with E-state index in [1.165, 1.54) is 0 Å². The van der Waals surface area contributed by atoms with Crippen LogP contribution in [0, 0.1) is 5.92 Å². The molecule has 6 nitrogen and oxygen atoms in total. The smallest absolute Gasteiger partial charge is 0.410 e. The summed E-state index contributed by atoms with van der Waals surface area (Å²) in [5, 5.41) is 6.22. The maximum Gasteiger partial charge on any atom is 0.410 e. The van der Waals surface area contributed by atoms with Crippen LogP contribution in [0.3, 0.4) is 0 Å². The number of carbonyl (C=O) groups excluding carboxylic acids is 2. The fourth-order valence-electron chi connectivity index (χ4n) is 3.65. The standard InChI is InChI=1S/C17H31N3O3/c1-16(2,3)23-15(22)20-10-6-13(7-11-20)12-17(14(21)18-4)8-5-9-19-17/h13,19H,5-12H2,1-4H3,(H,18,21)/t17-/m1/s1. The van der Waals surface area contributed by atoms with Crippen molar-refractivity contribution < 1.29 is 14.3 Å². The van der Waals surface area contributed by atoms with E-state index in [1.54, 1.807) is 11.9 Å². The predicted octanol–water partition coefficient (Wildman–Crippen LogP) is 1.89. The van der Waals surface area contributed by atoms with Crippen molar-refractivity contribution in [2.24, 2.45) is 5.92 Å². The van der Waals surface area contributed by atoms with Crippen molar-refractivity contribution in [2.75, 3.05) is 26.7 Å². The summed E-state index contributed by atoms with van der Waals surface area (Å²) < 4.78 is 5.43. The lowest BCUT2D eigenvalue weighted by Crippen LogP contribution is -2.54. The Morgan fingerprint density at radius 3 is 2.43 bits per heavy atom. The van der Waals surface area contributed by atoms with E-state index in [0.29, 0.717) is 19.0 Å². The first-order chi connectivity index (χ1) is 10.8. The fourth-order valence-corrected chi connectivity index (χ4v) is 3.65. The minimum Gasteiger partial charge on any atom is -0.444 e. The normalized spacial score (nSPS) is 26.2.